The molecule has 16 heavy (non-hydrogen) atoms. The zero-order valence-corrected chi connectivity index (χ0v) is 8.67. The molecule has 1 amide bonds. The van der Waals surface area contributed by atoms with E-state index in [1.807, 2.05) is 0 Å². The molecule has 1 aromatic heterocycles. The largest absolute Gasteiger partial charge is 0.396 e. The zero-order chi connectivity index (χ0) is 12.0. The quantitative estimate of drug-likeness (QED) is 0.622. The van der Waals surface area contributed by atoms with Gasteiger partial charge in [0.25, 0.3) is 0 Å². The second-order valence-electron chi connectivity index (χ2n) is 3.23. The second-order valence-corrected chi connectivity index (χ2v) is 3.23. The van der Waals surface area contributed by atoms with Crippen molar-refractivity contribution in [3.63, 3.8) is 0 Å². The Hall–Kier alpha value is -1.66. The van der Waals surface area contributed by atoms with Gasteiger partial charge < -0.3 is 15.5 Å². The first-order valence-electron chi connectivity index (χ1n) is 4.87. The molecule has 88 valence electrons. The maximum Gasteiger partial charge on any atom is 0.326 e. The van der Waals surface area contributed by atoms with Crippen molar-refractivity contribution in [3.8, 4) is 0 Å². The van der Waals surface area contributed by atoms with Crippen LogP contribution in [0.1, 0.15) is 6.42 Å². The highest BCUT2D eigenvalue weighted by Gasteiger charge is 2.19. The maximum absolute atomic E-state index is 11.5. The van der Waals surface area contributed by atoms with Crippen molar-refractivity contribution >= 4 is 11.8 Å². The SMILES string of the molecule is O=C(CO)[C@H](CCO)NC(=O)n1cccc1. The van der Waals surface area contributed by atoms with E-state index in [-0.39, 0.29) is 13.0 Å². The summed E-state index contributed by atoms with van der Waals surface area (Å²) in [5.41, 5.74) is 0. The third-order valence-electron chi connectivity index (χ3n) is 2.10. The molecule has 0 aliphatic carbocycles. The molecule has 0 fully saturated rings. The Bertz CT molecular complexity index is 348. The number of aliphatic hydroxyl groups is 2. The molecule has 0 unspecified atom stereocenters. The number of rotatable bonds is 5. The van der Waals surface area contributed by atoms with Gasteiger partial charge in [-0.1, -0.05) is 0 Å². The van der Waals surface area contributed by atoms with E-state index in [9.17, 15) is 9.59 Å². The van der Waals surface area contributed by atoms with Crippen molar-refractivity contribution in [2.75, 3.05) is 13.2 Å². The number of hydrogen-bond donors (Lipinski definition) is 3. The third kappa shape index (κ3) is 3.18. The summed E-state index contributed by atoms with van der Waals surface area (Å²) in [5, 5.41) is 19.8. The molecule has 3 N–H and O–H groups in total. The van der Waals surface area contributed by atoms with Gasteiger partial charge in [0.05, 0.1) is 6.04 Å². The van der Waals surface area contributed by atoms with Crippen molar-refractivity contribution in [3.05, 3.63) is 24.5 Å². The fourth-order valence-corrected chi connectivity index (χ4v) is 1.25. The standard InChI is InChI=1S/C10H14N2O4/c13-6-3-8(9(15)7-14)11-10(16)12-4-1-2-5-12/h1-2,4-5,8,13-14H,3,6-7H2,(H,11,16)/t8-/m0/s1. The van der Waals surface area contributed by atoms with E-state index in [4.69, 9.17) is 10.2 Å². The summed E-state index contributed by atoms with van der Waals surface area (Å²) in [6, 6.07) is 2.03. The summed E-state index contributed by atoms with van der Waals surface area (Å²) in [4.78, 5) is 22.8. The number of ketones is 1. The molecular formula is C10H14N2O4. The highest BCUT2D eigenvalue weighted by molar-refractivity contribution is 5.89. The van der Waals surface area contributed by atoms with Gasteiger partial charge in [0.2, 0.25) is 0 Å². The van der Waals surface area contributed by atoms with Crippen molar-refractivity contribution < 1.29 is 19.8 Å². The van der Waals surface area contributed by atoms with Crippen LogP contribution in [0, 0.1) is 0 Å². The number of amides is 1. The molecule has 1 atom stereocenters. The summed E-state index contributed by atoms with van der Waals surface area (Å²) in [5.74, 6) is -0.519. The first kappa shape index (κ1) is 12.4. The fourth-order valence-electron chi connectivity index (χ4n) is 1.25. The summed E-state index contributed by atoms with van der Waals surface area (Å²) in [6.45, 7) is -0.890. The van der Waals surface area contributed by atoms with Crippen LogP contribution in [0.3, 0.4) is 0 Å². The fraction of sp³-hybridized carbons (Fsp3) is 0.400. The Balaban J connectivity index is 2.61. The van der Waals surface area contributed by atoms with Gasteiger partial charge in [-0.25, -0.2) is 4.79 Å². The summed E-state index contributed by atoms with van der Waals surface area (Å²) in [6.07, 6.45) is 3.16. The number of Topliss-reactive ketones (excluding diaryl/α,β-unsaturated/α-hetero) is 1. The molecule has 0 radical (unpaired) electrons. The average molecular weight is 226 g/mol. The third-order valence-corrected chi connectivity index (χ3v) is 2.10. The molecule has 1 heterocycles. The van der Waals surface area contributed by atoms with E-state index in [1.54, 1.807) is 12.1 Å². The molecule has 1 rings (SSSR count). The molecule has 0 aliphatic rings. The number of aromatic nitrogens is 1. The van der Waals surface area contributed by atoms with Crippen LogP contribution in [0.25, 0.3) is 0 Å². The Morgan fingerprint density at radius 3 is 2.38 bits per heavy atom. The molecule has 1 aromatic rings. The Kier molecular flexibility index (Phi) is 4.68. The number of carbonyl (C=O) groups excluding carboxylic acids is 2. The molecule has 6 nitrogen and oxygen atoms in total. The maximum atomic E-state index is 11.5. The van der Waals surface area contributed by atoms with Gasteiger partial charge >= 0.3 is 6.03 Å². The summed E-state index contributed by atoms with van der Waals surface area (Å²) in [7, 11) is 0. The molecular weight excluding hydrogens is 212 g/mol. The van der Waals surface area contributed by atoms with Crippen LogP contribution in [0.4, 0.5) is 4.79 Å². The van der Waals surface area contributed by atoms with Gasteiger partial charge in [0.15, 0.2) is 5.78 Å². The minimum absolute atomic E-state index is 0.0897. The molecule has 0 spiro atoms. The van der Waals surface area contributed by atoms with Crippen LogP contribution < -0.4 is 5.32 Å². The Labute approximate surface area is 92.5 Å². The van der Waals surface area contributed by atoms with E-state index < -0.39 is 24.5 Å². The van der Waals surface area contributed by atoms with Crippen molar-refractivity contribution in [2.24, 2.45) is 0 Å². The van der Waals surface area contributed by atoms with Crippen LogP contribution in [-0.4, -0.2) is 45.9 Å². The number of carbonyl (C=O) groups is 2. The highest BCUT2D eigenvalue weighted by Crippen LogP contribution is 1.96. The van der Waals surface area contributed by atoms with Crippen LogP contribution in [-0.2, 0) is 4.79 Å². The van der Waals surface area contributed by atoms with Crippen molar-refractivity contribution in [2.45, 2.75) is 12.5 Å². The van der Waals surface area contributed by atoms with Gasteiger partial charge in [-0.2, -0.15) is 0 Å². The summed E-state index contributed by atoms with van der Waals surface area (Å²) < 4.78 is 1.27. The number of nitrogens with one attached hydrogen (secondary N) is 1. The van der Waals surface area contributed by atoms with Gasteiger partial charge in [0, 0.05) is 19.0 Å². The van der Waals surface area contributed by atoms with Crippen LogP contribution in [0.15, 0.2) is 24.5 Å². The number of nitrogens with zero attached hydrogens (tertiary/aromatic N) is 1. The normalized spacial score (nSPS) is 12.1. The number of hydrogen-bond acceptors (Lipinski definition) is 4. The van der Waals surface area contributed by atoms with E-state index in [0.717, 1.165) is 0 Å². The number of aliphatic hydroxyl groups excluding tert-OH is 2. The van der Waals surface area contributed by atoms with Gasteiger partial charge in [0.1, 0.15) is 6.61 Å². The topological polar surface area (TPSA) is 91.6 Å². The minimum atomic E-state index is -0.857. The Morgan fingerprint density at radius 1 is 1.25 bits per heavy atom. The minimum Gasteiger partial charge on any atom is -0.396 e. The highest BCUT2D eigenvalue weighted by atomic mass is 16.3. The van der Waals surface area contributed by atoms with Gasteiger partial charge in [-0.3, -0.25) is 9.36 Å². The monoisotopic (exact) mass is 226 g/mol. The second kappa shape index (κ2) is 6.04. The van der Waals surface area contributed by atoms with Gasteiger partial charge in [-0.15, -0.1) is 0 Å². The van der Waals surface area contributed by atoms with Crippen LogP contribution >= 0.6 is 0 Å². The smallest absolute Gasteiger partial charge is 0.326 e. The summed E-state index contributed by atoms with van der Waals surface area (Å²) >= 11 is 0. The van der Waals surface area contributed by atoms with E-state index >= 15 is 0 Å². The molecule has 0 bridgehead atoms. The van der Waals surface area contributed by atoms with Crippen LogP contribution in [0.2, 0.25) is 0 Å². The van der Waals surface area contributed by atoms with Gasteiger partial charge in [-0.05, 0) is 18.6 Å². The first-order valence-corrected chi connectivity index (χ1v) is 4.87. The van der Waals surface area contributed by atoms with Crippen molar-refractivity contribution in [1.29, 1.82) is 0 Å². The zero-order valence-electron chi connectivity index (χ0n) is 8.67. The lowest BCUT2D eigenvalue weighted by Gasteiger charge is -2.15. The molecule has 6 heteroatoms. The van der Waals surface area contributed by atoms with E-state index in [2.05, 4.69) is 5.32 Å². The molecule has 0 saturated carbocycles. The lowest BCUT2D eigenvalue weighted by atomic mass is 10.1. The lowest BCUT2D eigenvalue weighted by Crippen LogP contribution is -2.44. The molecule has 0 saturated heterocycles. The first-order chi connectivity index (χ1) is 7.69. The van der Waals surface area contributed by atoms with Crippen LogP contribution in [0.5, 0.6) is 0 Å². The Morgan fingerprint density at radius 2 is 1.88 bits per heavy atom. The van der Waals surface area contributed by atoms with E-state index in [1.165, 1.54) is 17.0 Å². The molecule has 0 aromatic carbocycles. The van der Waals surface area contributed by atoms with E-state index in [0.29, 0.717) is 0 Å². The predicted octanol–water partition coefficient (Wildman–Crippen LogP) is -0.642. The predicted molar refractivity (Wildman–Crippen MR) is 55.9 cm³/mol. The lowest BCUT2D eigenvalue weighted by molar-refractivity contribution is -0.123. The van der Waals surface area contributed by atoms with Crippen molar-refractivity contribution in [1.82, 2.24) is 9.88 Å². The average Bonchev–Trinajstić information content (AvgIpc) is 2.80. The molecule has 0 aliphatic heterocycles.